The molecular weight excluding hydrogens is 242 g/mol. The van der Waals surface area contributed by atoms with E-state index in [0.29, 0.717) is 0 Å². The van der Waals surface area contributed by atoms with Crippen LogP contribution in [0, 0.1) is 0 Å². The Hall–Kier alpha value is -0.700. The van der Waals surface area contributed by atoms with Crippen molar-refractivity contribution in [2.24, 2.45) is 0 Å². The Labute approximate surface area is 93.8 Å². The molecular formula is C11H16BrNO. The monoisotopic (exact) mass is 257 g/mol. The van der Waals surface area contributed by atoms with Gasteiger partial charge in [-0.15, -0.1) is 0 Å². The predicted octanol–water partition coefficient (Wildman–Crippen LogP) is 3.67. The smallest absolute Gasteiger partial charge is 0.133 e. The second kappa shape index (κ2) is 5.91. The van der Waals surface area contributed by atoms with Crippen LogP contribution in [-0.4, -0.2) is 13.7 Å². The highest BCUT2D eigenvalue weighted by Crippen LogP contribution is 2.27. The first-order valence-corrected chi connectivity index (χ1v) is 5.64. The highest BCUT2D eigenvalue weighted by molar-refractivity contribution is 9.10. The number of rotatable bonds is 5. The van der Waals surface area contributed by atoms with Crippen molar-refractivity contribution in [2.75, 3.05) is 19.0 Å². The average Bonchev–Trinajstić information content (AvgIpc) is 2.18. The van der Waals surface area contributed by atoms with Gasteiger partial charge < -0.3 is 10.1 Å². The first-order valence-electron chi connectivity index (χ1n) is 4.85. The van der Waals surface area contributed by atoms with Gasteiger partial charge >= 0.3 is 0 Å². The Balaban J connectivity index is 2.57. The molecule has 14 heavy (non-hydrogen) atoms. The molecule has 0 spiro atoms. The zero-order valence-corrected chi connectivity index (χ0v) is 10.2. The van der Waals surface area contributed by atoms with Crippen LogP contribution in [0.25, 0.3) is 0 Å². The summed E-state index contributed by atoms with van der Waals surface area (Å²) < 4.78 is 6.14. The minimum absolute atomic E-state index is 0.867. The molecule has 0 atom stereocenters. The van der Waals surface area contributed by atoms with Gasteiger partial charge in [-0.1, -0.05) is 13.3 Å². The molecule has 1 aromatic rings. The van der Waals surface area contributed by atoms with E-state index in [2.05, 4.69) is 28.2 Å². The lowest BCUT2D eigenvalue weighted by atomic mass is 10.3. The fourth-order valence-electron chi connectivity index (χ4n) is 1.19. The van der Waals surface area contributed by atoms with Crippen molar-refractivity contribution in [3.63, 3.8) is 0 Å². The zero-order valence-electron chi connectivity index (χ0n) is 8.64. The second-order valence-electron chi connectivity index (χ2n) is 3.13. The molecule has 2 nitrogen and oxygen atoms in total. The van der Waals surface area contributed by atoms with Gasteiger partial charge in [0, 0.05) is 12.2 Å². The summed E-state index contributed by atoms with van der Waals surface area (Å²) in [5.41, 5.74) is 1.13. The van der Waals surface area contributed by atoms with E-state index in [1.807, 2.05) is 18.2 Å². The fraction of sp³-hybridized carbons (Fsp3) is 0.455. The average molecular weight is 258 g/mol. The van der Waals surface area contributed by atoms with Crippen LogP contribution in [0.4, 0.5) is 5.69 Å². The van der Waals surface area contributed by atoms with Gasteiger partial charge in [0.15, 0.2) is 0 Å². The van der Waals surface area contributed by atoms with Gasteiger partial charge in [-0.2, -0.15) is 0 Å². The zero-order chi connectivity index (χ0) is 10.4. The van der Waals surface area contributed by atoms with Crippen molar-refractivity contribution >= 4 is 21.6 Å². The lowest BCUT2D eigenvalue weighted by Crippen LogP contribution is -2.00. The minimum Gasteiger partial charge on any atom is -0.496 e. The highest BCUT2D eigenvalue weighted by Gasteiger charge is 1.99. The number of anilines is 1. The number of halogens is 1. The number of hydrogen-bond donors (Lipinski definition) is 1. The van der Waals surface area contributed by atoms with E-state index in [0.717, 1.165) is 22.5 Å². The standard InChI is InChI=1S/C11H16BrNO/c1-3-4-7-13-9-5-6-11(14-2)10(12)8-9/h5-6,8,13H,3-4,7H2,1-2H3. The predicted molar refractivity (Wildman–Crippen MR) is 64.1 cm³/mol. The van der Waals surface area contributed by atoms with Gasteiger partial charge in [0.1, 0.15) is 5.75 Å². The number of ether oxygens (including phenoxy) is 1. The number of methoxy groups -OCH3 is 1. The third kappa shape index (κ3) is 3.22. The Morgan fingerprint density at radius 2 is 2.21 bits per heavy atom. The van der Waals surface area contributed by atoms with E-state index in [1.54, 1.807) is 7.11 Å². The van der Waals surface area contributed by atoms with Crippen LogP contribution in [-0.2, 0) is 0 Å². The molecule has 0 radical (unpaired) electrons. The van der Waals surface area contributed by atoms with Crippen molar-refractivity contribution in [2.45, 2.75) is 19.8 Å². The van der Waals surface area contributed by atoms with Gasteiger partial charge in [0.25, 0.3) is 0 Å². The lowest BCUT2D eigenvalue weighted by Gasteiger charge is -2.08. The third-order valence-corrected chi connectivity index (χ3v) is 2.63. The molecule has 1 aromatic carbocycles. The van der Waals surface area contributed by atoms with Gasteiger partial charge in [-0.05, 0) is 40.5 Å². The molecule has 1 N–H and O–H groups in total. The van der Waals surface area contributed by atoms with Crippen LogP contribution >= 0.6 is 15.9 Å². The summed E-state index contributed by atoms with van der Waals surface area (Å²) in [6, 6.07) is 6.02. The Kier molecular flexibility index (Phi) is 4.80. The molecule has 0 fully saturated rings. The molecule has 0 unspecified atom stereocenters. The molecule has 0 aliphatic heterocycles. The largest absolute Gasteiger partial charge is 0.496 e. The fourth-order valence-corrected chi connectivity index (χ4v) is 1.73. The molecule has 1 rings (SSSR count). The quantitative estimate of drug-likeness (QED) is 0.813. The van der Waals surface area contributed by atoms with Crippen molar-refractivity contribution in [3.8, 4) is 5.75 Å². The summed E-state index contributed by atoms with van der Waals surface area (Å²) in [5, 5.41) is 3.35. The van der Waals surface area contributed by atoms with E-state index in [4.69, 9.17) is 4.74 Å². The summed E-state index contributed by atoms with van der Waals surface area (Å²) >= 11 is 3.45. The summed E-state index contributed by atoms with van der Waals surface area (Å²) in [5.74, 6) is 0.867. The van der Waals surface area contributed by atoms with Crippen molar-refractivity contribution in [1.82, 2.24) is 0 Å². The number of benzene rings is 1. The van der Waals surface area contributed by atoms with Crippen LogP contribution in [0.2, 0.25) is 0 Å². The van der Waals surface area contributed by atoms with E-state index in [9.17, 15) is 0 Å². The van der Waals surface area contributed by atoms with Crippen molar-refractivity contribution in [3.05, 3.63) is 22.7 Å². The maximum Gasteiger partial charge on any atom is 0.133 e. The Bertz CT molecular complexity index is 289. The molecule has 0 amide bonds. The van der Waals surface area contributed by atoms with Gasteiger partial charge in [-0.25, -0.2) is 0 Å². The van der Waals surface area contributed by atoms with Crippen LogP contribution in [0.15, 0.2) is 22.7 Å². The van der Waals surface area contributed by atoms with Crippen LogP contribution in [0.1, 0.15) is 19.8 Å². The number of unbranched alkanes of at least 4 members (excludes halogenated alkanes) is 1. The minimum atomic E-state index is 0.867. The highest BCUT2D eigenvalue weighted by atomic mass is 79.9. The van der Waals surface area contributed by atoms with Crippen molar-refractivity contribution in [1.29, 1.82) is 0 Å². The van der Waals surface area contributed by atoms with Gasteiger partial charge in [-0.3, -0.25) is 0 Å². The molecule has 0 aromatic heterocycles. The van der Waals surface area contributed by atoms with Crippen LogP contribution in [0.5, 0.6) is 5.75 Å². The second-order valence-corrected chi connectivity index (χ2v) is 3.98. The third-order valence-electron chi connectivity index (χ3n) is 2.01. The lowest BCUT2D eigenvalue weighted by molar-refractivity contribution is 0.412. The number of nitrogens with one attached hydrogen (secondary N) is 1. The number of hydrogen-bond acceptors (Lipinski definition) is 2. The molecule has 0 aliphatic rings. The molecule has 0 saturated carbocycles. The molecule has 0 heterocycles. The summed E-state index contributed by atoms with van der Waals surface area (Å²) in [6.45, 7) is 3.21. The van der Waals surface area contributed by atoms with E-state index < -0.39 is 0 Å². The van der Waals surface area contributed by atoms with Crippen LogP contribution < -0.4 is 10.1 Å². The molecule has 0 aliphatic carbocycles. The normalized spacial score (nSPS) is 9.93. The summed E-state index contributed by atoms with van der Waals surface area (Å²) in [7, 11) is 1.67. The van der Waals surface area contributed by atoms with Crippen LogP contribution in [0.3, 0.4) is 0 Å². The molecule has 0 bridgehead atoms. The van der Waals surface area contributed by atoms with Gasteiger partial charge in [0.2, 0.25) is 0 Å². The molecule has 3 heteroatoms. The maximum absolute atomic E-state index is 5.15. The van der Waals surface area contributed by atoms with E-state index in [-0.39, 0.29) is 0 Å². The van der Waals surface area contributed by atoms with E-state index >= 15 is 0 Å². The summed E-state index contributed by atoms with van der Waals surface area (Å²) in [6.07, 6.45) is 2.41. The van der Waals surface area contributed by atoms with E-state index in [1.165, 1.54) is 12.8 Å². The molecule has 78 valence electrons. The van der Waals surface area contributed by atoms with Gasteiger partial charge in [0.05, 0.1) is 11.6 Å². The molecule has 0 saturated heterocycles. The van der Waals surface area contributed by atoms with Crippen molar-refractivity contribution < 1.29 is 4.74 Å². The first kappa shape index (κ1) is 11.4. The Morgan fingerprint density at radius 1 is 1.43 bits per heavy atom. The topological polar surface area (TPSA) is 21.3 Å². The SMILES string of the molecule is CCCCNc1ccc(OC)c(Br)c1. The maximum atomic E-state index is 5.15. The Morgan fingerprint density at radius 3 is 2.79 bits per heavy atom. The summed E-state index contributed by atoms with van der Waals surface area (Å²) in [4.78, 5) is 0. The first-order chi connectivity index (χ1) is 6.77.